The van der Waals surface area contributed by atoms with Crippen molar-refractivity contribution in [1.82, 2.24) is 16.0 Å². The second-order valence-corrected chi connectivity index (χ2v) is 7.07. The van der Waals surface area contributed by atoms with Gasteiger partial charge in [0.05, 0.1) is 19.2 Å². The first-order valence-corrected chi connectivity index (χ1v) is 9.29. The van der Waals surface area contributed by atoms with Gasteiger partial charge < -0.3 is 37.0 Å². The largest absolute Gasteiger partial charge is 0.508 e. The van der Waals surface area contributed by atoms with Gasteiger partial charge in [-0.3, -0.25) is 14.4 Å². The molecule has 0 aliphatic carbocycles. The van der Waals surface area contributed by atoms with Crippen LogP contribution in [0.4, 0.5) is 0 Å². The van der Waals surface area contributed by atoms with E-state index in [-0.39, 0.29) is 18.1 Å². The lowest BCUT2D eigenvalue weighted by molar-refractivity contribution is -0.142. The lowest BCUT2D eigenvalue weighted by atomic mass is 10.0. The van der Waals surface area contributed by atoms with Crippen molar-refractivity contribution >= 4 is 23.7 Å². The Morgan fingerprint density at radius 3 is 2.13 bits per heavy atom. The van der Waals surface area contributed by atoms with Gasteiger partial charge in [-0.15, -0.1) is 0 Å². The highest BCUT2D eigenvalue weighted by Gasteiger charge is 2.27. The first-order valence-electron chi connectivity index (χ1n) is 9.29. The van der Waals surface area contributed by atoms with Gasteiger partial charge in [0.15, 0.2) is 0 Å². The molecule has 0 aromatic heterocycles. The Bertz CT molecular complexity index is 752. The van der Waals surface area contributed by atoms with Crippen LogP contribution in [-0.4, -0.2) is 70.3 Å². The highest BCUT2D eigenvalue weighted by atomic mass is 16.4. The second kappa shape index (κ2) is 11.7. The van der Waals surface area contributed by atoms with Crippen molar-refractivity contribution in [3.8, 4) is 5.75 Å². The lowest BCUT2D eigenvalue weighted by Crippen LogP contribution is -2.55. The molecule has 3 atom stereocenters. The number of phenols is 1. The third kappa shape index (κ3) is 8.05. The minimum atomic E-state index is -1.48. The molecule has 8 N–H and O–H groups in total. The molecule has 1 aromatic rings. The van der Waals surface area contributed by atoms with E-state index in [0.717, 1.165) is 5.56 Å². The number of aliphatic hydroxyl groups excluding tert-OH is 1. The third-order valence-electron chi connectivity index (χ3n) is 4.21. The van der Waals surface area contributed by atoms with Crippen molar-refractivity contribution in [2.45, 2.75) is 38.4 Å². The minimum Gasteiger partial charge on any atom is -0.508 e. The van der Waals surface area contributed by atoms with Gasteiger partial charge in [0.2, 0.25) is 17.7 Å². The van der Waals surface area contributed by atoms with Crippen molar-refractivity contribution in [2.75, 3.05) is 13.2 Å². The number of nitrogens with two attached hydrogens (primary N) is 1. The van der Waals surface area contributed by atoms with Crippen molar-refractivity contribution < 1.29 is 34.5 Å². The van der Waals surface area contributed by atoms with Gasteiger partial charge in [-0.1, -0.05) is 26.0 Å². The van der Waals surface area contributed by atoms with Crippen molar-refractivity contribution in [3.05, 3.63) is 29.8 Å². The molecule has 0 radical (unpaired) electrons. The van der Waals surface area contributed by atoms with Crippen LogP contribution in [0, 0.1) is 5.92 Å². The number of hydrogen-bond acceptors (Lipinski definition) is 7. The maximum Gasteiger partial charge on any atom is 0.328 e. The first-order chi connectivity index (χ1) is 14.0. The Labute approximate surface area is 173 Å². The van der Waals surface area contributed by atoms with Crippen LogP contribution in [0.2, 0.25) is 0 Å². The highest BCUT2D eigenvalue weighted by molar-refractivity contribution is 5.92. The summed E-state index contributed by atoms with van der Waals surface area (Å²) in [6.45, 7) is 2.07. The SMILES string of the molecule is CC(C)C(NC(=O)C(N)Cc1ccc(O)cc1)C(=O)NCC(=O)NC(CO)C(=O)O. The number of carboxylic acids is 1. The Morgan fingerprint density at radius 1 is 1.03 bits per heavy atom. The highest BCUT2D eigenvalue weighted by Crippen LogP contribution is 2.11. The van der Waals surface area contributed by atoms with E-state index >= 15 is 0 Å². The predicted molar refractivity (Wildman–Crippen MR) is 106 cm³/mol. The number of phenolic OH excluding ortho intramolecular Hbond substituents is 1. The quantitative estimate of drug-likeness (QED) is 0.214. The van der Waals surface area contributed by atoms with Crippen LogP contribution in [0.15, 0.2) is 24.3 Å². The maximum absolute atomic E-state index is 12.4. The number of aliphatic hydroxyl groups is 1. The smallest absolute Gasteiger partial charge is 0.328 e. The third-order valence-corrected chi connectivity index (χ3v) is 4.21. The molecular formula is C19H28N4O7. The summed E-state index contributed by atoms with van der Waals surface area (Å²) in [6, 6.07) is 2.82. The van der Waals surface area contributed by atoms with Crippen LogP contribution in [0.3, 0.4) is 0 Å². The number of amides is 3. The summed E-state index contributed by atoms with van der Waals surface area (Å²) in [5.74, 6) is -3.64. The number of carbonyl (C=O) groups excluding carboxylic acids is 3. The Morgan fingerprint density at radius 2 is 1.63 bits per heavy atom. The fourth-order valence-electron chi connectivity index (χ4n) is 2.48. The van der Waals surface area contributed by atoms with E-state index in [2.05, 4.69) is 16.0 Å². The topological polar surface area (TPSA) is 191 Å². The maximum atomic E-state index is 12.4. The fraction of sp³-hybridized carbons (Fsp3) is 0.474. The van der Waals surface area contributed by atoms with E-state index in [1.54, 1.807) is 26.0 Å². The summed E-state index contributed by atoms with van der Waals surface area (Å²) in [7, 11) is 0. The van der Waals surface area contributed by atoms with Crippen LogP contribution < -0.4 is 21.7 Å². The first kappa shape index (κ1) is 24.9. The number of hydrogen-bond donors (Lipinski definition) is 7. The molecular weight excluding hydrogens is 396 g/mol. The number of nitrogens with one attached hydrogen (secondary N) is 3. The molecule has 0 aliphatic heterocycles. The molecule has 1 aromatic carbocycles. The van der Waals surface area contributed by atoms with Gasteiger partial charge in [0, 0.05) is 0 Å². The van der Waals surface area contributed by atoms with Crippen LogP contribution in [0.5, 0.6) is 5.75 Å². The van der Waals surface area contributed by atoms with Gasteiger partial charge in [-0.25, -0.2) is 4.79 Å². The van der Waals surface area contributed by atoms with E-state index < -0.39 is 55.0 Å². The van der Waals surface area contributed by atoms with E-state index in [4.69, 9.17) is 15.9 Å². The zero-order valence-corrected chi connectivity index (χ0v) is 16.8. The summed E-state index contributed by atoms with van der Waals surface area (Å²) in [5, 5.41) is 33.9. The van der Waals surface area contributed by atoms with E-state index in [9.17, 15) is 24.3 Å². The van der Waals surface area contributed by atoms with Gasteiger partial charge in [0.1, 0.15) is 17.8 Å². The molecule has 30 heavy (non-hydrogen) atoms. The normalized spacial score (nSPS) is 13.8. The number of carboxylic acid groups (broad SMARTS) is 1. The molecule has 0 saturated heterocycles. The molecule has 11 nitrogen and oxygen atoms in total. The van der Waals surface area contributed by atoms with Crippen LogP contribution >= 0.6 is 0 Å². The Kier molecular flexibility index (Phi) is 9.72. The fourth-order valence-corrected chi connectivity index (χ4v) is 2.48. The summed E-state index contributed by atoms with van der Waals surface area (Å²) < 4.78 is 0. The number of aliphatic carboxylic acids is 1. The van der Waals surface area contributed by atoms with E-state index in [1.807, 2.05) is 0 Å². The average molecular weight is 424 g/mol. The van der Waals surface area contributed by atoms with E-state index in [1.165, 1.54) is 12.1 Å². The number of aromatic hydroxyl groups is 1. The molecule has 0 fully saturated rings. The average Bonchev–Trinajstić information content (AvgIpc) is 2.69. The van der Waals surface area contributed by atoms with Crippen LogP contribution in [-0.2, 0) is 25.6 Å². The summed E-state index contributed by atoms with van der Waals surface area (Å²) in [4.78, 5) is 47.3. The van der Waals surface area contributed by atoms with E-state index in [0.29, 0.717) is 0 Å². The van der Waals surface area contributed by atoms with Crippen LogP contribution in [0.25, 0.3) is 0 Å². The summed E-state index contributed by atoms with van der Waals surface area (Å²) in [6.07, 6.45) is 0.193. The number of carbonyl (C=O) groups is 4. The zero-order chi connectivity index (χ0) is 22.8. The molecule has 11 heteroatoms. The van der Waals surface area contributed by atoms with Gasteiger partial charge in [0.25, 0.3) is 0 Å². The number of rotatable bonds is 11. The van der Waals surface area contributed by atoms with Crippen LogP contribution in [0.1, 0.15) is 19.4 Å². The molecule has 166 valence electrons. The van der Waals surface area contributed by atoms with Gasteiger partial charge >= 0.3 is 5.97 Å². The second-order valence-electron chi connectivity index (χ2n) is 7.07. The summed E-state index contributed by atoms with van der Waals surface area (Å²) >= 11 is 0. The molecule has 1 rings (SSSR count). The standard InChI is InChI=1S/C19H28N4O7/c1-10(2)16(18(28)21-8-15(26)22-14(9-24)19(29)30)23-17(27)13(20)7-11-3-5-12(25)6-4-11/h3-6,10,13-14,16,24-25H,7-9,20H2,1-2H3,(H,21,28)(H,22,26)(H,23,27)(H,29,30). The zero-order valence-electron chi connectivity index (χ0n) is 16.8. The monoisotopic (exact) mass is 424 g/mol. The Hall–Kier alpha value is -3.18. The molecule has 0 bridgehead atoms. The lowest BCUT2D eigenvalue weighted by Gasteiger charge is -2.23. The Balaban J connectivity index is 2.62. The molecule has 0 aliphatic rings. The molecule has 0 spiro atoms. The molecule has 3 unspecified atom stereocenters. The van der Waals surface area contributed by atoms with Crippen molar-refractivity contribution in [2.24, 2.45) is 11.7 Å². The van der Waals surface area contributed by atoms with Gasteiger partial charge in [-0.2, -0.15) is 0 Å². The molecule has 0 saturated carbocycles. The predicted octanol–water partition coefficient (Wildman–Crippen LogP) is -1.92. The molecule has 0 heterocycles. The number of benzene rings is 1. The van der Waals surface area contributed by atoms with Gasteiger partial charge in [-0.05, 0) is 30.0 Å². The minimum absolute atomic E-state index is 0.0889. The van der Waals surface area contributed by atoms with Crippen molar-refractivity contribution in [3.63, 3.8) is 0 Å². The van der Waals surface area contributed by atoms with Crippen molar-refractivity contribution in [1.29, 1.82) is 0 Å². The molecule has 3 amide bonds. The summed E-state index contributed by atoms with van der Waals surface area (Å²) in [5.41, 5.74) is 6.64.